The average molecular weight is 535 g/mol. The molecule has 3 atom stereocenters. The van der Waals surface area contributed by atoms with Crippen molar-refractivity contribution in [3.63, 3.8) is 0 Å². The zero-order valence-corrected chi connectivity index (χ0v) is 22.1. The van der Waals surface area contributed by atoms with E-state index < -0.39 is 5.82 Å². The molecule has 6 nitrogen and oxygen atoms in total. The fourth-order valence-electron chi connectivity index (χ4n) is 5.75. The summed E-state index contributed by atoms with van der Waals surface area (Å²) in [5.74, 6) is -0.327. The lowest BCUT2D eigenvalue weighted by Crippen LogP contribution is -2.35. The van der Waals surface area contributed by atoms with Gasteiger partial charge in [-0.1, -0.05) is 60.1 Å². The standard InChI is InChI=1S/C30H32ClFN4O2/c1-33-27-13-6-5-10-23(27)29(37)34-26(20-8-3-2-4-9-20)14-15-35-16-21-18-36(19-22(21)17-35)30(38)28-24(31)11-7-12-25(28)32/h2-13,21-22,26,33H,14-19H2,1H3,(H,34,37)/t21-,22?,26?/m0/s1. The molecular weight excluding hydrogens is 503 g/mol. The summed E-state index contributed by atoms with van der Waals surface area (Å²) in [5, 5.41) is 6.49. The lowest BCUT2D eigenvalue weighted by atomic mass is 10.0. The summed E-state index contributed by atoms with van der Waals surface area (Å²) in [5.41, 5.74) is 2.44. The Morgan fingerprint density at radius 2 is 1.63 bits per heavy atom. The number of anilines is 1. The molecule has 2 N–H and O–H groups in total. The number of nitrogens with zero attached hydrogens (tertiary/aromatic N) is 2. The first-order valence-electron chi connectivity index (χ1n) is 13.0. The number of rotatable bonds is 8. The summed E-state index contributed by atoms with van der Waals surface area (Å²) in [6.07, 6.45) is 0.768. The predicted octanol–water partition coefficient (Wildman–Crippen LogP) is 5.09. The fourth-order valence-corrected chi connectivity index (χ4v) is 6.00. The van der Waals surface area contributed by atoms with Crippen LogP contribution in [0.5, 0.6) is 0 Å². The molecule has 2 saturated heterocycles. The van der Waals surface area contributed by atoms with E-state index in [9.17, 15) is 14.0 Å². The number of hydrogen-bond acceptors (Lipinski definition) is 4. The number of likely N-dealkylation sites (tertiary alicyclic amines) is 2. The van der Waals surface area contributed by atoms with Crippen molar-refractivity contribution >= 4 is 29.1 Å². The molecule has 38 heavy (non-hydrogen) atoms. The molecule has 2 aliphatic heterocycles. The maximum atomic E-state index is 14.3. The van der Waals surface area contributed by atoms with Crippen molar-refractivity contribution in [3.05, 3.63) is 100 Å². The van der Waals surface area contributed by atoms with E-state index >= 15 is 0 Å². The van der Waals surface area contributed by atoms with E-state index in [0.29, 0.717) is 30.5 Å². The molecule has 0 aliphatic carbocycles. The number of halogens is 2. The molecule has 2 unspecified atom stereocenters. The highest BCUT2D eigenvalue weighted by Gasteiger charge is 2.42. The Balaban J connectivity index is 1.20. The number of amides is 2. The van der Waals surface area contributed by atoms with Crippen LogP contribution in [0.2, 0.25) is 5.02 Å². The van der Waals surface area contributed by atoms with E-state index in [4.69, 9.17) is 11.6 Å². The monoisotopic (exact) mass is 534 g/mol. The van der Waals surface area contributed by atoms with Gasteiger partial charge in [-0.2, -0.15) is 0 Å². The van der Waals surface area contributed by atoms with Gasteiger partial charge in [-0.25, -0.2) is 4.39 Å². The minimum absolute atomic E-state index is 0.0349. The number of carbonyl (C=O) groups excluding carboxylic acids is 2. The van der Waals surface area contributed by atoms with Crippen molar-refractivity contribution in [1.82, 2.24) is 15.1 Å². The topological polar surface area (TPSA) is 64.7 Å². The molecule has 2 fully saturated rings. The van der Waals surface area contributed by atoms with Gasteiger partial charge in [-0.15, -0.1) is 0 Å². The van der Waals surface area contributed by atoms with Gasteiger partial charge in [0.25, 0.3) is 11.8 Å². The van der Waals surface area contributed by atoms with Crippen LogP contribution in [0.25, 0.3) is 0 Å². The molecule has 0 spiro atoms. The largest absolute Gasteiger partial charge is 0.387 e. The van der Waals surface area contributed by atoms with Gasteiger partial charge in [0.2, 0.25) is 0 Å². The van der Waals surface area contributed by atoms with E-state index in [-0.39, 0.29) is 28.4 Å². The number of nitrogens with one attached hydrogen (secondary N) is 2. The van der Waals surface area contributed by atoms with E-state index in [1.165, 1.54) is 12.1 Å². The first-order valence-corrected chi connectivity index (χ1v) is 13.4. The molecule has 5 rings (SSSR count). The first kappa shape index (κ1) is 26.2. The summed E-state index contributed by atoms with van der Waals surface area (Å²) >= 11 is 6.13. The van der Waals surface area contributed by atoms with Crippen molar-refractivity contribution < 1.29 is 14.0 Å². The smallest absolute Gasteiger partial charge is 0.258 e. The molecule has 0 saturated carbocycles. The second-order valence-corrected chi connectivity index (χ2v) is 10.5. The minimum Gasteiger partial charge on any atom is -0.387 e. The second kappa shape index (κ2) is 11.5. The van der Waals surface area contributed by atoms with Crippen LogP contribution in [-0.4, -0.2) is 61.4 Å². The maximum absolute atomic E-state index is 14.3. The highest BCUT2D eigenvalue weighted by Crippen LogP contribution is 2.34. The van der Waals surface area contributed by atoms with Crippen molar-refractivity contribution in [1.29, 1.82) is 0 Å². The molecule has 2 aliphatic rings. The van der Waals surface area contributed by atoms with Crippen LogP contribution in [0.3, 0.4) is 0 Å². The number of para-hydroxylation sites is 1. The van der Waals surface area contributed by atoms with Crippen LogP contribution in [0.15, 0.2) is 72.8 Å². The van der Waals surface area contributed by atoms with Crippen LogP contribution in [-0.2, 0) is 0 Å². The van der Waals surface area contributed by atoms with Crippen molar-refractivity contribution in [2.24, 2.45) is 11.8 Å². The number of hydrogen-bond donors (Lipinski definition) is 2. The van der Waals surface area contributed by atoms with Gasteiger partial charge in [0.05, 0.1) is 22.2 Å². The van der Waals surface area contributed by atoms with E-state index in [0.717, 1.165) is 37.3 Å². The quantitative estimate of drug-likeness (QED) is 0.423. The Bertz CT molecular complexity index is 1270. The van der Waals surface area contributed by atoms with E-state index in [1.54, 1.807) is 11.0 Å². The van der Waals surface area contributed by atoms with Crippen molar-refractivity contribution in [3.8, 4) is 0 Å². The first-order chi connectivity index (χ1) is 18.4. The molecular formula is C30H32ClFN4O2. The second-order valence-electron chi connectivity index (χ2n) is 10.1. The summed E-state index contributed by atoms with van der Waals surface area (Å²) in [6, 6.07) is 21.7. The molecule has 3 aromatic carbocycles. The van der Waals surface area contributed by atoms with Gasteiger partial charge in [-0.05, 0) is 48.1 Å². The van der Waals surface area contributed by atoms with E-state index in [1.807, 2.05) is 61.6 Å². The Morgan fingerprint density at radius 3 is 2.32 bits per heavy atom. The zero-order valence-electron chi connectivity index (χ0n) is 21.4. The summed E-state index contributed by atoms with van der Waals surface area (Å²) < 4.78 is 14.3. The lowest BCUT2D eigenvalue weighted by Gasteiger charge is -2.25. The highest BCUT2D eigenvalue weighted by atomic mass is 35.5. The SMILES string of the molecule is CNc1ccccc1C(=O)NC(CCN1CC2CN(C(=O)c3c(F)cccc3Cl)C[C@@H]2C1)c1ccccc1. The van der Waals surface area contributed by atoms with Crippen LogP contribution in [0.1, 0.15) is 38.7 Å². The van der Waals surface area contributed by atoms with Gasteiger partial charge in [-0.3, -0.25) is 9.59 Å². The van der Waals surface area contributed by atoms with Crippen molar-refractivity contribution in [2.45, 2.75) is 12.5 Å². The fraction of sp³-hybridized carbons (Fsp3) is 0.333. The number of benzene rings is 3. The molecule has 0 aromatic heterocycles. The molecule has 2 heterocycles. The maximum Gasteiger partial charge on any atom is 0.258 e. The predicted molar refractivity (Wildman–Crippen MR) is 148 cm³/mol. The summed E-state index contributed by atoms with van der Waals surface area (Å²) in [4.78, 5) is 30.3. The Morgan fingerprint density at radius 1 is 0.947 bits per heavy atom. The van der Waals surface area contributed by atoms with Gasteiger partial charge in [0.15, 0.2) is 0 Å². The van der Waals surface area contributed by atoms with Crippen LogP contribution in [0.4, 0.5) is 10.1 Å². The number of carbonyl (C=O) groups is 2. The molecule has 2 amide bonds. The molecule has 8 heteroatoms. The van der Waals surface area contributed by atoms with Crippen LogP contribution in [0, 0.1) is 17.7 Å². The Labute approximate surface area is 227 Å². The molecule has 3 aromatic rings. The van der Waals surface area contributed by atoms with Gasteiger partial charge >= 0.3 is 0 Å². The Kier molecular flexibility index (Phi) is 7.95. The Hall–Kier alpha value is -3.42. The molecule has 0 radical (unpaired) electrons. The third-order valence-corrected chi connectivity index (χ3v) is 8.02. The molecule has 0 bridgehead atoms. The van der Waals surface area contributed by atoms with Crippen LogP contribution >= 0.6 is 11.6 Å². The summed E-state index contributed by atoms with van der Waals surface area (Å²) in [6.45, 7) is 3.78. The lowest BCUT2D eigenvalue weighted by molar-refractivity contribution is 0.0769. The third kappa shape index (κ3) is 5.54. The van der Waals surface area contributed by atoms with Crippen LogP contribution < -0.4 is 10.6 Å². The highest BCUT2D eigenvalue weighted by molar-refractivity contribution is 6.33. The zero-order chi connectivity index (χ0) is 26.6. The number of fused-ring (bicyclic) bond motifs is 1. The van der Waals surface area contributed by atoms with E-state index in [2.05, 4.69) is 15.5 Å². The van der Waals surface area contributed by atoms with Gasteiger partial charge < -0.3 is 20.4 Å². The average Bonchev–Trinajstić information content (AvgIpc) is 3.50. The van der Waals surface area contributed by atoms with Gasteiger partial charge in [0, 0.05) is 45.5 Å². The normalized spacial score (nSPS) is 19.7. The molecule has 198 valence electrons. The van der Waals surface area contributed by atoms with Crippen molar-refractivity contribution in [2.75, 3.05) is 45.1 Å². The third-order valence-electron chi connectivity index (χ3n) is 7.71. The summed E-state index contributed by atoms with van der Waals surface area (Å²) in [7, 11) is 1.81. The van der Waals surface area contributed by atoms with Gasteiger partial charge in [0.1, 0.15) is 5.82 Å². The minimum atomic E-state index is -0.576.